The van der Waals surface area contributed by atoms with Gasteiger partial charge in [0.15, 0.2) is 0 Å². The number of rotatable bonds is 7. The number of oxazole rings is 1. The largest absolute Gasteiger partial charge is 0.441 e. The lowest BCUT2D eigenvalue weighted by molar-refractivity contribution is -0.116. The summed E-state index contributed by atoms with van der Waals surface area (Å²) in [5.74, 6) is 1.23. The number of carbonyl (C=O) groups is 2. The Morgan fingerprint density at radius 1 is 1.06 bits per heavy atom. The molecule has 3 aromatic rings. The van der Waals surface area contributed by atoms with Crippen LogP contribution in [0.3, 0.4) is 0 Å². The zero-order valence-electron chi connectivity index (χ0n) is 18.7. The number of anilines is 1. The molecule has 6 nitrogen and oxygen atoms in total. The van der Waals surface area contributed by atoms with Crippen LogP contribution in [-0.2, 0) is 11.3 Å². The van der Waals surface area contributed by atoms with Crippen LogP contribution in [0.5, 0.6) is 0 Å². The Morgan fingerprint density at radius 3 is 2.55 bits per heavy atom. The Labute approximate surface area is 183 Å². The molecule has 2 amide bonds. The van der Waals surface area contributed by atoms with Gasteiger partial charge in [-0.05, 0) is 62.1 Å². The van der Waals surface area contributed by atoms with E-state index in [1.165, 1.54) is 0 Å². The van der Waals surface area contributed by atoms with E-state index in [1.807, 2.05) is 77.1 Å². The van der Waals surface area contributed by atoms with Gasteiger partial charge in [-0.15, -0.1) is 0 Å². The van der Waals surface area contributed by atoms with Crippen LogP contribution in [-0.4, -0.2) is 16.8 Å². The van der Waals surface area contributed by atoms with E-state index in [9.17, 15) is 9.59 Å². The number of nitrogens with zero attached hydrogens (tertiary/aromatic N) is 1. The molecule has 0 spiro atoms. The average molecular weight is 420 g/mol. The summed E-state index contributed by atoms with van der Waals surface area (Å²) in [6.07, 6.45) is 0.465. The van der Waals surface area contributed by atoms with E-state index in [1.54, 1.807) is 0 Å². The SMILES string of the molecule is Cc1cccc(C(=O)NCc2nc(-c3cccc(NC(=O)CC(C)C)c3)oc2C)c1C. The molecule has 0 radical (unpaired) electrons. The second-order valence-corrected chi connectivity index (χ2v) is 8.18. The van der Waals surface area contributed by atoms with Gasteiger partial charge in [-0.1, -0.05) is 32.0 Å². The molecule has 31 heavy (non-hydrogen) atoms. The minimum Gasteiger partial charge on any atom is -0.441 e. The Morgan fingerprint density at radius 2 is 1.81 bits per heavy atom. The Bertz CT molecular complexity index is 1100. The van der Waals surface area contributed by atoms with Gasteiger partial charge in [0, 0.05) is 23.2 Å². The molecule has 0 aliphatic carbocycles. The van der Waals surface area contributed by atoms with Crippen molar-refractivity contribution in [2.45, 2.75) is 47.6 Å². The van der Waals surface area contributed by atoms with Gasteiger partial charge in [0.25, 0.3) is 5.91 Å². The summed E-state index contributed by atoms with van der Waals surface area (Å²) in [5, 5.41) is 5.83. The molecule has 0 saturated heterocycles. The molecule has 0 saturated carbocycles. The zero-order chi connectivity index (χ0) is 22.5. The lowest BCUT2D eigenvalue weighted by Crippen LogP contribution is -2.24. The predicted molar refractivity (Wildman–Crippen MR) is 122 cm³/mol. The van der Waals surface area contributed by atoms with Crippen molar-refractivity contribution in [1.29, 1.82) is 0 Å². The molecule has 0 aliphatic heterocycles. The van der Waals surface area contributed by atoms with Crippen LogP contribution in [0, 0.1) is 26.7 Å². The van der Waals surface area contributed by atoms with Crippen molar-refractivity contribution in [3.63, 3.8) is 0 Å². The molecule has 6 heteroatoms. The quantitative estimate of drug-likeness (QED) is 0.552. The Kier molecular flexibility index (Phi) is 6.90. The summed E-state index contributed by atoms with van der Waals surface area (Å²) in [6.45, 7) is 10.0. The Balaban J connectivity index is 1.71. The van der Waals surface area contributed by atoms with Gasteiger partial charge in [0.2, 0.25) is 11.8 Å². The summed E-state index contributed by atoms with van der Waals surface area (Å²) in [6, 6.07) is 13.1. The molecule has 0 aliphatic rings. The van der Waals surface area contributed by atoms with Crippen molar-refractivity contribution in [3.05, 3.63) is 70.6 Å². The maximum atomic E-state index is 12.6. The number of amides is 2. The first kappa shape index (κ1) is 22.3. The lowest BCUT2D eigenvalue weighted by Gasteiger charge is -2.08. The van der Waals surface area contributed by atoms with Crippen LogP contribution in [0.4, 0.5) is 5.69 Å². The van der Waals surface area contributed by atoms with E-state index in [4.69, 9.17) is 4.42 Å². The highest BCUT2D eigenvalue weighted by Gasteiger charge is 2.15. The molecule has 1 heterocycles. The fourth-order valence-electron chi connectivity index (χ4n) is 3.28. The fraction of sp³-hybridized carbons (Fsp3) is 0.320. The maximum Gasteiger partial charge on any atom is 0.251 e. The van der Waals surface area contributed by atoms with Gasteiger partial charge < -0.3 is 15.1 Å². The monoisotopic (exact) mass is 419 g/mol. The van der Waals surface area contributed by atoms with Crippen molar-refractivity contribution >= 4 is 17.5 Å². The smallest absolute Gasteiger partial charge is 0.251 e. The van der Waals surface area contributed by atoms with E-state index in [2.05, 4.69) is 15.6 Å². The first-order valence-electron chi connectivity index (χ1n) is 10.5. The van der Waals surface area contributed by atoms with Crippen LogP contribution < -0.4 is 10.6 Å². The van der Waals surface area contributed by atoms with E-state index in [-0.39, 0.29) is 18.4 Å². The molecule has 0 fully saturated rings. The second kappa shape index (κ2) is 9.60. The summed E-state index contributed by atoms with van der Waals surface area (Å²) in [5.41, 5.74) is 4.83. The van der Waals surface area contributed by atoms with Crippen LogP contribution in [0.2, 0.25) is 0 Å². The third-order valence-corrected chi connectivity index (χ3v) is 5.15. The molecule has 2 N–H and O–H groups in total. The minimum atomic E-state index is -0.139. The topological polar surface area (TPSA) is 84.2 Å². The van der Waals surface area contributed by atoms with Crippen molar-refractivity contribution in [2.24, 2.45) is 5.92 Å². The third kappa shape index (κ3) is 5.60. The first-order valence-corrected chi connectivity index (χ1v) is 10.5. The molecule has 0 atom stereocenters. The van der Waals surface area contributed by atoms with Gasteiger partial charge in [-0.25, -0.2) is 4.98 Å². The number of hydrogen-bond donors (Lipinski definition) is 2. The average Bonchev–Trinajstić information content (AvgIpc) is 3.08. The molecule has 0 unspecified atom stereocenters. The Hall–Kier alpha value is -3.41. The fourth-order valence-corrected chi connectivity index (χ4v) is 3.28. The molecule has 0 bridgehead atoms. The lowest BCUT2D eigenvalue weighted by atomic mass is 10.0. The molecule has 2 aromatic carbocycles. The highest BCUT2D eigenvalue weighted by atomic mass is 16.4. The molecule has 1 aromatic heterocycles. The maximum absolute atomic E-state index is 12.6. The molecule has 3 rings (SSSR count). The summed E-state index contributed by atoms with van der Waals surface area (Å²) in [7, 11) is 0. The van der Waals surface area contributed by atoms with Crippen molar-refractivity contribution in [1.82, 2.24) is 10.3 Å². The second-order valence-electron chi connectivity index (χ2n) is 8.18. The van der Waals surface area contributed by atoms with Crippen molar-refractivity contribution in [3.8, 4) is 11.5 Å². The number of hydrogen-bond acceptors (Lipinski definition) is 4. The van der Waals surface area contributed by atoms with Crippen LogP contribution >= 0.6 is 0 Å². The molecule has 162 valence electrons. The highest BCUT2D eigenvalue weighted by Crippen LogP contribution is 2.25. The predicted octanol–water partition coefficient (Wildman–Crippen LogP) is 5.18. The van der Waals surface area contributed by atoms with E-state index >= 15 is 0 Å². The summed E-state index contributed by atoms with van der Waals surface area (Å²) in [4.78, 5) is 29.2. The van der Waals surface area contributed by atoms with E-state index in [0.29, 0.717) is 40.9 Å². The highest BCUT2D eigenvalue weighted by molar-refractivity contribution is 5.95. The zero-order valence-corrected chi connectivity index (χ0v) is 18.7. The normalized spacial score (nSPS) is 10.9. The van der Waals surface area contributed by atoms with Crippen molar-refractivity contribution < 1.29 is 14.0 Å². The molecular formula is C25H29N3O3. The van der Waals surface area contributed by atoms with Crippen LogP contribution in [0.25, 0.3) is 11.5 Å². The van der Waals surface area contributed by atoms with E-state index < -0.39 is 0 Å². The molecular weight excluding hydrogens is 390 g/mol. The number of aromatic nitrogens is 1. The van der Waals surface area contributed by atoms with Gasteiger partial charge in [-0.2, -0.15) is 0 Å². The number of carbonyl (C=O) groups excluding carboxylic acids is 2. The van der Waals surface area contributed by atoms with Gasteiger partial charge in [0.1, 0.15) is 11.5 Å². The number of nitrogens with one attached hydrogen (secondary N) is 2. The van der Waals surface area contributed by atoms with Crippen molar-refractivity contribution in [2.75, 3.05) is 5.32 Å². The van der Waals surface area contributed by atoms with Gasteiger partial charge in [0.05, 0.1) is 6.54 Å². The van der Waals surface area contributed by atoms with E-state index in [0.717, 1.165) is 16.7 Å². The van der Waals surface area contributed by atoms with Gasteiger partial charge >= 0.3 is 0 Å². The first-order chi connectivity index (χ1) is 14.7. The van der Waals surface area contributed by atoms with Crippen LogP contribution in [0.15, 0.2) is 46.9 Å². The summed E-state index contributed by atoms with van der Waals surface area (Å²) < 4.78 is 5.83. The van der Waals surface area contributed by atoms with Gasteiger partial charge in [-0.3, -0.25) is 9.59 Å². The number of aryl methyl sites for hydroxylation is 2. The standard InChI is InChI=1S/C25H29N3O3/c1-15(2)12-23(29)27-20-10-7-9-19(13-20)25-28-22(18(5)31-25)14-26-24(30)21-11-6-8-16(3)17(21)4/h6-11,13,15H,12,14H2,1-5H3,(H,26,30)(H,27,29). The number of benzene rings is 2. The third-order valence-electron chi connectivity index (χ3n) is 5.15. The van der Waals surface area contributed by atoms with Crippen LogP contribution in [0.1, 0.15) is 53.2 Å². The summed E-state index contributed by atoms with van der Waals surface area (Å²) >= 11 is 0. The minimum absolute atomic E-state index is 0.0226.